The second-order valence-corrected chi connectivity index (χ2v) is 6.53. The molecule has 0 radical (unpaired) electrons. The first-order valence-corrected chi connectivity index (χ1v) is 8.00. The highest BCUT2D eigenvalue weighted by atomic mass is 16.2. The minimum atomic E-state index is -0.320. The van der Waals surface area contributed by atoms with E-state index in [0.29, 0.717) is 18.4 Å². The van der Waals surface area contributed by atoms with Gasteiger partial charge in [-0.05, 0) is 18.3 Å². The van der Waals surface area contributed by atoms with E-state index in [9.17, 15) is 9.59 Å². The summed E-state index contributed by atoms with van der Waals surface area (Å²) in [6.07, 6.45) is 5.78. The highest BCUT2D eigenvalue weighted by Crippen LogP contribution is 2.29. The lowest BCUT2D eigenvalue weighted by atomic mass is 9.78. The molecule has 0 spiro atoms. The van der Waals surface area contributed by atoms with Gasteiger partial charge >= 0.3 is 6.03 Å². The monoisotopic (exact) mass is 282 g/mol. The van der Waals surface area contributed by atoms with Gasteiger partial charge in [-0.15, -0.1) is 0 Å². The normalized spacial score (nSPS) is 31.0. The summed E-state index contributed by atoms with van der Waals surface area (Å²) in [5, 5.41) is 5.45. The van der Waals surface area contributed by atoms with E-state index in [1.54, 1.807) is 0 Å². The van der Waals surface area contributed by atoms with Crippen molar-refractivity contribution in [2.75, 3.05) is 19.6 Å². The molecule has 2 fully saturated rings. The van der Waals surface area contributed by atoms with Crippen molar-refractivity contribution in [2.45, 2.75) is 52.0 Å². The first-order valence-electron chi connectivity index (χ1n) is 8.00. The van der Waals surface area contributed by atoms with Crippen LogP contribution in [0.3, 0.4) is 0 Å². The molecule has 1 heterocycles. The zero-order valence-electron chi connectivity index (χ0n) is 12.7. The third-order valence-electron chi connectivity index (χ3n) is 5.00. The maximum atomic E-state index is 11.9. The molecule has 0 aromatic rings. The van der Waals surface area contributed by atoms with Crippen LogP contribution in [0.5, 0.6) is 0 Å². The van der Waals surface area contributed by atoms with Crippen molar-refractivity contribution in [1.29, 1.82) is 0 Å². The number of likely N-dealkylation sites (tertiary alicyclic amines) is 1. The Bertz CT molecular complexity index is 353. The van der Waals surface area contributed by atoms with Crippen molar-refractivity contribution >= 4 is 11.9 Å². The highest BCUT2D eigenvalue weighted by molar-refractivity contribution is 5.94. The molecule has 1 saturated carbocycles. The van der Waals surface area contributed by atoms with E-state index in [4.69, 9.17) is 0 Å². The minimum absolute atomic E-state index is 0.157. The van der Waals surface area contributed by atoms with Crippen LogP contribution in [0, 0.1) is 11.8 Å². The average molecular weight is 282 g/mol. The van der Waals surface area contributed by atoms with E-state index in [0.717, 1.165) is 25.9 Å². The topological polar surface area (TPSA) is 62.6 Å². The fourth-order valence-electron chi connectivity index (χ4n) is 3.44. The van der Waals surface area contributed by atoms with Crippen LogP contribution in [0.2, 0.25) is 0 Å². The van der Waals surface area contributed by atoms with Crippen LogP contribution in [0.15, 0.2) is 0 Å². The van der Waals surface area contributed by atoms with Crippen molar-refractivity contribution in [3.05, 3.63) is 0 Å². The number of quaternary nitrogens is 1. The van der Waals surface area contributed by atoms with E-state index in [1.165, 1.54) is 24.2 Å². The fourth-order valence-corrected chi connectivity index (χ4v) is 3.44. The lowest BCUT2D eigenvalue weighted by Gasteiger charge is -2.34. The maximum Gasteiger partial charge on any atom is 0.321 e. The van der Waals surface area contributed by atoms with Crippen LogP contribution in [0.4, 0.5) is 4.79 Å². The molecule has 0 bridgehead atoms. The average Bonchev–Trinajstić information content (AvgIpc) is 2.87. The van der Waals surface area contributed by atoms with Gasteiger partial charge in [-0.25, -0.2) is 4.79 Å². The Morgan fingerprint density at radius 1 is 1.10 bits per heavy atom. The fraction of sp³-hybridized carbons (Fsp3) is 0.867. The van der Waals surface area contributed by atoms with Crippen molar-refractivity contribution < 1.29 is 14.5 Å². The molecule has 1 aliphatic carbocycles. The number of carbonyl (C=O) groups excluding carboxylic acids is 2. The molecule has 5 nitrogen and oxygen atoms in total. The Morgan fingerprint density at radius 3 is 2.50 bits per heavy atom. The van der Waals surface area contributed by atoms with Crippen LogP contribution in [0.25, 0.3) is 0 Å². The zero-order valence-corrected chi connectivity index (χ0v) is 12.7. The molecule has 20 heavy (non-hydrogen) atoms. The molecule has 5 heteroatoms. The number of urea groups is 1. The molecule has 114 valence electrons. The van der Waals surface area contributed by atoms with Gasteiger partial charge in [0.15, 0.2) is 6.54 Å². The van der Waals surface area contributed by atoms with Crippen LogP contribution >= 0.6 is 0 Å². The van der Waals surface area contributed by atoms with Crippen LogP contribution in [-0.4, -0.2) is 37.6 Å². The molecular formula is C15H28N3O2+. The van der Waals surface area contributed by atoms with Gasteiger partial charge in [-0.2, -0.15) is 0 Å². The van der Waals surface area contributed by atoms with E-state index < -0.39 is 0 Å². The summed E-state index contributed by atoms with van der Waals surface area (Å²) in [5.74, 6) is 0.962. The highest BCUT2D eigenvalue weighted by Gasteiger charge is 2.28. The van der Waals surface area contributed by atoms with Crippen LogP contribution in [-0.2, 0) is 4.79 Å². The minimum Gasteiger partial charge on any atom is -0.335 e. The Kier molecular flexibility index (Phi) is 5.40. The predicted molar refractivity (Wildman–Crippen MR) is 77.4 cm³/mol. The smallest absolute Gasteiger partial charge is 0.321 e. The molecule has 3 N–H and O–H groups in total. The first-order chi connectivity index (χ1) is 9.56. The summed E-state index contributed by atoms with van der Waals surface area (Å²) in [7, 11) is 0. The summed E-state index contributed by atoms with van der Waals surface area (Å²) in [4.78, 5) is 25.0. The van der Waals surface area contributed by atoms with Gasteiger partial charge in [-0.1, -0.05) is 26.7 Å². The standard InChI is InChI=1S/C15H27N3O2/c1-11-6-5-7-13(12(11)2)16-15(20)17-14(19)10-18-8-3-4-9-18/h11-13H,3-10H2,1-2H3,(H2,16,17,19,20)/p+1/t11-,12+,13+/m0/s1. The molecule has 0 aromatic heterocycles. The molecule has 2 aliphatic rings. The predicted octanol–water partition coefficient (Wildman–Crippen LogP) is 0.316. The van der Waals surface area contributed by atoms with Crippen LogP contribution < -0.4 is 15.5 Å². The summed E-state index contributed by atoms with van der Waals surface area (Å²) >= 11 is 0. The van der Waals surface area contributed by atoms with Crippen molar-refractivity contribution in [1.82, 2.24) is 10.6 Å². The third-order valence-corrected chi connectivity index (χ3v) is 5.00. The Morgan fingerprint density at radius 2 is 1.80 bits per heavy atom. The summed E-state index contributed by atoms with van der Waals surface area (Å²) in [6, 6.07) is -0.120. The Hall–Kier alpha value is -1.10. The number of nitrogens with one attached hydrogen (secondary N) is 3. The number of imide groups is 1. The quantitative estimate of drug-likeness (QED) is 0.698. The molecule has 3 amide bonds. The lowest BCUT2D eigenvalue weighted by Crippen LogP contribution is -3.11. The molecular weight excluding hydrogens is 254 g/mol. The Balaban J connectivity index is 1.72. The van der Waals surface area contributed by atoms with Crippen molar-refractivity contribution in [2.24, 2.45) is 11.8 Å². The summed E-state index contributed by atoms with van der Waals surface area (Å²) < 4.78 is 0. The van der Waals surface area contributed by atoms with Gasteiger partial charge < -0.3 is 10.2 Å². The number of rotatable bonds is 3. The van der Waals surface area contributed by atoms with Crippen LogP contribution in [0.1, 0.15) is 46.0 Å². The number of amides is 3. The van der Waals surface area contributed by atoms with E-state index in [-0.39, 0.29) is 18.0 Å². The summed E-state index contributed by atoms with van der Waals surface area (Å²) in [5.41, 5.74) is 0. The van der Waals surface area contributed by atoms with Gasteiger partial charge in [-0.3, -0.25) is 10.1 Å². The van der Waals surface area contributed by atoms with Crippen molar-refractivity contribution in [3.63, 3.8) is 0 Å². The number of hydrogen-bond donors (Lipinski definition) is 3. The van der Waals surface area contributed by atoms with E-state index in [2.05, 4.69) is 24.5 Å². The molecule has 0 unspecified atom stereocenters. The SMILES string of the molecule is C[C@@H]1[C@@H](C)CCC[C@H]1NC(=O)NC(=O)C[NH+]1CCCC1. The number of carbonyl (C=O) groups is 2. The lowest BCUT2D eigenvalue weighted by molar-refractivity contribution is -0.879. The van der Waals surface area contributed by atoms with Gasteiger partial charge in [0.1, 0.15) is 0 Å². The van der Waals surface area contributed by atoms with Gasteiger partial charge in [0.2, 0.25) is 0 Å². The Labute approximate surface area is 121 Å². The summed E-state index contributed by atoms with van der Waals surface area (Å²) in [6.45, 7) is 6.94. The van der Waals surface area contributed by atoms with E-state index in [1.807, 2.05) is 0 Å². The molecule has 3 atom stereocenters. The second-order valence-electron chi connectivity index (χ2n) is 6.53. The van der Waals surface area contributed by atoms with Crippen molar-refractivity contribution in [3.8, 4) is 0 Å². The molecule has 1 aliphatic heterocycles. The zero-order chi connectivity index (χ0) is 14.5. The first kappa shape index (κ1) is 15.3. The van der Waals surface area contributed by atoms with Gasteiger partial charge in [0.25, 0.3) is 5.91 Å². The molecule has 0 aromatic carbocycles. The largest absolute Gasteiger partial charge is 0.335 e. The second kappa shape index (κ2) is 7.07. The third kappa shape index (κ3) is 4.20. The van der Waals surface area contributed by atoms with Gasteiger partial charge in [0, 0.05) is 18.9 Å². The van der Waals surface area contributed by atoms with Gasteiger partial charge in [0.05, 0.1) is 13.1 Å². The molecule has 1 saturated heterocycles. The van der Waals surface area contributed by atoms with E-state index >= 15 is 0 Å². The number of hydrogen-bond acceptors (Lipinski definition) is 2. The maximum absolute atomic E-state index is 11.9. The molecule has 2 rings (SSSR count).